The van der Waals surface area contributed by atoms with Gasteiger partial charge in [-0.05, 0) is 36.2 Å². The van der Waals surface area contributed by atoms with E-state index in [1.807, 2.05) is 6.08 Å². The number of allylic oxidation sites excluding steroid dienone is 2. The van der Waals surface area contributed by atoms with Gasteiger partial charge >= 0.3 is 0 Å². The molecule has 142 valence electrons. The topological polar surface area (TPSA) is 101 Å². The van der Waals surface area contributed by atoms with Crippen molar-refractivity contribution in [3.8, 4) is 18.2 Å². The van der Waals surface area contributed by atoms with E-state index in [1.54, 1.807) is 18.2 Å². The van der Waals surface area contributed by atoms with Gasteiger partial charge in [-0.15, -0.1) is 0 Å². The van der Waals surface area contributed by atoms with Crippen molar-refractivity contribution in [1.29, 1.82) is 15.8 Å². The molecule has 1 aliphatic heterocycles. The SMILES string of the molecule is CCCN1CC=C2C(C#N)=C(N)C(C#N)(C#N)[C@H](c3c(Cl)cccc3Cl)[C@H]2C1. The Bertz CT molecular complexity index is 955. The highest BCUT2D eigenvalue weighted by Gasteiger charge is 2.55. The smallest absolute Gasteiger partial charge is 0.191 e. The van der Waals surface area contributed by atoms with Gasteiger partial charge in [0.1, 0.15) is 6.07 Å². The summed E-state index contributed by atoms with van der Waals surface area (Å²) < 4.78 is 0. The minimum absolute atomic E-state index is 0.0209. The van der Waals surface area contributed by atoms with Crippen LogP contribution in [0.3, 0.4) is 0 Å². The van der Waals surface area contributed by atoms with Crippen LogP contribution in [0.5, 0.6) is 0 Å². The molecule has 1 aromatic rings. The highest BCUT2D eigenvalue weighted by atomic mass is 35.5. The summed E-state index contributed by atoms with van der Waals surface area (Å²) in [6.07, 6.45) is 2.95. The molecule has 0 bridgehead atoms. The van der Waals surface area contributed by atoms with Crippen molar-refractivity contribution in [2.24, 2.45) is 17.1 Å². The third-order valence-electron chi connectivity index (χ3n) is 5.59. The summed E-state index contributed by atoms with van der Waals surface area (Å²) in [6.45, 7) is 4.25. The maximum Gasteiger partial charge on any atom is 0.191 e. The zero-order chi connectivity index (χ0) is 20.5. The lowest BCUT2D eigenvalue weighted by atomic mass is 9.58. The second-order valence-corrected chi connectivity index (χ2v) is 7.89. The van der Waals surface area contributed by atoms with E-state index in [9.17, 15) is 15.8 Å². The number of nitriles is 3. The number of hydrogen-bond acceptors (Lipinski definition) is 5. The third kappa shape index (κ3) is 2.95. The molecule has 0 unspecified atom stereocenters. The summed E-state index contributed by atoms with van der Waals surface area (Å²) in [7, 11) is 0. The second kappa shape index (κ2) is 7.86. The molecule has 0 saturated carbocycles. The Morgan fingerprint density at radius 1 is 1.21 bits per heavy atom. The fourth-order valence-corrected chi connectivity index (χ4v) is 4.99. The molecule has 0 aromatic heterocycles. The zero-order valence-electron chi connectivity index (χ0n) is 15.4. The molecule has 1 aliphatic carbocycles. The van der Waals surface area contributed by atoms with Crippen LogP contribution >= 0.6 is 23.2 Å². The second-order valence-electron chi connectivity index (χ2n) is 7.07. The molecule has 28 heavy (non-hydrogen) atoms. The first kappa shape index (κ1) is 20.2. The van der Waals surface area contributed by atoms with Crippen LogP contribution in [0.4, 0.5) is 0 Å². The molecular formula is C21H19Cl2N5. The third-order valence-corrected chi connectivity index (χ3v) is 6.25. The van der Waals surface area contributed by atoms with Gasteiger partial charge in [0.2, 0.25) is 0 Å². The van der Waals surface area contributed by atoms with E-state index in [0.29, 0.717) is 28.7 Å². The quantitative estimate of drug-likeness (QED) is 0.805. The van der Waals surface area contributed by atoms with E-state index in [0.717, 1.165) is 18.5 Å². The first-order chi connectivity index (χ1) is 13.4. The van der Waals surface area contributed by atoms with Crippen LogP contribution in [0.2, 0.25) is 10.0 Å². The molecular weight excluding hydrogens is 393 g/mol. The van der Waals surface area contributed by atoms with Gasteiger partial charge in [0, 0.05) is 35.0 Å². The average Bonchev–Trinajstić information content (AvgIpc) is 2.69. The molecule has 2 N–H and O–H groups in total. The van der Waals surface area contributed by atoms with E-state index in [2.05, 4.69) is 30.0 Å². The summed E-state index contributed by atoms with van der Waals surface area (Å²) in [5.74, 6) is -0.967. The normalized spacial score (nSPS) is 23.8. The molecule has 0 saturated heterocycles. The number of halogens is 2. The van der Waals surface area contributed by atoms with Gasteiger partial charge in [-0.3, -0.25) is 4.90 Å². The number of nitrogens with two attached hydrogens (primary N) is 1. The van der Waals surface area contributed by atoms with Gasteiger partial charge in [0.05, 0.1) is 23.4 Å². The van der Waals surface area contributed by atoms with Crippen LogP contribution < -0.4 is 5.73 Å². The van der Waals surface area contributed by atoms with Crippen LogP contribution in [0.1, 0.15) is 24.8 Å². The first-order valence-corrected chi connectivity index (χ1v) is 9.80. The molecule has 0 spiro atoms. The van der Waals surface area contributed by atoms with E-state index < -0.39 is 11.3 Å². The van der Waals surface area contributed by atoms with Crippen LogP contribution in [0.25, 0.3) is 0 Å². The summed E-state index contributed by atoms with van der Waals surface area (Å²) in [4.78, 5) is 2.24. The number of fused-ring (bicyclic) bond motifs is 1. The van der Waals surface area contributed by atoms with Gasteiger partial charge in [-0.25, -0.2) is 0 Å². The lowest BCUT2D eigenvalue weighted by molar-refractivity contribution is 0.207. The molecule has 7 heteroatoms. The van der Waals surface area contributed by atoms with E-state index in [1.165, 1.54) is 0 Å². The predicted octanol–water partition coefficient (Wildman–Crippen LogP) is 4.13. The zero-order valence-corrected chi connectivity index (χ0v) is 16.9. The van der Waals surface area contributed by atoms with Gasteiger partial charge in [-0.1, -0.05) is 42.3 Å². The molecule has 2 atom stereocenters. The molecule has 0 fully saturated rings. The number of nitrogens with zero attached hydrogens (tertiary/aromatic N) is 4. The highest BCUT2D eigenvalue weighted by molar-refractivity contribution is 6.36. The fourth-order valence-electron chi connectivity index (χ4n) is 4.36. The number of rotatable bonds is 3. The lowest BCUT2D eigenvalue weighted by Crippen LogP contribution is -2.48. The van der Waals surface area contributed by atoms with Gasteiger partial charge in [0.25, 0.3) is 0 Å². The Kier molecular flexibility index (Phi) is 5.69. The number of hydrogen-bond donors (Lipinski definition) is 1. The van der Waals surface area contributed by atoms with Crippen molar-refractivity contribution in [1.82, 2.24) is 4.90 Å². The molecule has 3 rings (SSSR count). The summed E-state index contributed by atoms with van der Waals surface area (Å²) in [5, 5.41) is 30.7. The first-order valence-electron chi connectivity index (χ1n) is 9.04. The number of benzene rings is 1. The van der Waals surface area contributed by atoms with Crippen LogP contribution in [-0.4, -0.2) is 24.5 Å². The molecule has 0 radical (unpaired) electrons. The summed E-state index contributed by atoms with van der Waals surface area (Å²) in [6, 6.07) is 11.4. The Balaban J connectivity index is 2.34. The Hall–Kier alpha value is -2.49. The molecule has 2 aliphatic rings. The minimum atomic E-state index is -1.73. The largest absolute Gasteiger partial charge is 0.399 e. The van der Waals surface area contributed by atoms with Crippen molar-refractivity contribution in [3.05, 3.63) is 56.7 Å². The van der Waals surface area contributed by atoms with Crippen molar-refractivity contribution in [2.45, 2.75) is 19.3 Å². The fraction of sp³-hybridized carbons (Fsp3) is 0.381. The molecule has 5 nitrogen and oxygen atoms in total. The summed E-state index contributed by atoms with van der Waals surface area (Å²) >= 11 is 13.0. The van der Waals surface area contributed by atoms with Gasteiger partial charge in [0.15, 0.2) is 5.41 Å². The summed E-state index contributed by atoms with van der Waals surface area (Å²) in [5.41, 5.74) is 6.07. The Labute approximate surface area is 174 Å². The monoisotopic (exact) mass is 411 g/mol. The van der Waals surface area contributed by atoms with E-state index in [-0.39, 0.29) is 17.2 Å². The predicted molar refractivity (Wildman–Crippen MR) is 108 cm³/mol. The highest BCUT2D eigenvalue weighted by Crippen LogP contribution is 2.56. The maximum absolute atomic E-state index is 10.1. The van der Waals surface area contributed by atoms with Crippen LogP contribution in [0.15, 0.2) is 41.1 Å². The lowest BCUT2D eigenvalue weighted by Gasteiger charge is -2.46. The average molecular weight is 412 g/mol. The molecule has 1 aromatic carbocycles. The molecule has 1 heterocycles. The van der Waals surface area contributed by atoms with Gasteiger partial charge in [-0.2, -0.15) is 15.8 Å². The minimum Gasteiger partial charge on any atom is -0.399 e. The van der Waals surface area contributed by atoms with E-state index >= 15 is 0 Å². The van der Waals surface area contributed by atoms with Crippen molar-refractivity contribution < 1.29 is 0 Å². The van der Waals surface area contributed by atoms with Crippen LogP contribution in [-0.2, 0) is 0 Å². The maximum atomic E-state index is 10.1. The van der Waals surface area contributed by atoms with Crippen molar-refractivity contribution >= 4 is 23.2 Å². The van der Waals surface area contributed by atoms with Crippen molar-refractivity contribution in [3.63, 3.8) is 0 Å². The van der Waals surface area contributed by atoms with Gasteiger partial charge < -0.3 is 5.73 Å². The van der Waals surface area contributed by atoms with Crippen molar-refractivity contribution in [2.75, 3.05) is 19.6 Å². The standard InChI is InChI=1S/C21H19Cl2N5/c1-2-7-28-8-6-13-14(9-24)20(27)21(11-25,12-26)19(15(13)10-28)18-16(22)4-3-5-17(18)23/h3-6,15,19H,2,7-8,10,27H2,1H3/t15-,19-/m0/s1. The Morgan fingerprint density at radius 3 is 2.39 bits per heavy atom. The molecule has 0 amide bonds. The Morgan fingerprint density at radius 2 is 1.86 bits per heavy atom. The van der Waals surface area contributed by atoms with Crippen LogP contribution in [0, 0.1) is 45.3 Å². The van der Waals surface area contributed by atoms with E-state index in [4.69, 9.17) is 28.9 Å².